The molecule has 2 rings (SSSR count). The summed E-state index contributed by atoms with van der Waals surface area (Å²) in [6, 6.07) is 4.25. The second-order valence-corrected chi connectivity index (χ2v) is 7.58. The van der Waals surface area contributed by atoms with Crippen LogP contribution in [0.3, 0.4) is 0 Å². The van der Waals surface area contributed by atoms with Crippen LogP contribution in [0.4, 0.5) is 0 Å². The van der Waals surface area contributed by atoms with Gasteiger partial charge in [-0.1, -0.05) is 11.6 Å². The maximum absolute atomic E-state index is 12.7. The number of methoxy groups -OCH3 is 1. The van der Waals surface area contributed by atoms with Gasteiger partial charge in [0.1, 0.15) is 4.90 Å². The zero-order valence-electron chi connectivity index (χ0n) is 13.5. The first-order valence-electron chi connectivity index (χ1n) is 7.61. The molecule has 0 unspecified atom stereocenters. The van der Waals surface area contributed by atoms with E-state index in [1.165, 1.54) is 22.5 Å². The van der Waals surface area contributed by atoms with Crippen LogP contribution in [0.1, 0.15) is 16.8 Å². The van der Waals surface area contributed by atoms with Crippen molar-refractivity contribution < 1.29 is 22.7 Å². The number of halogens is 1. The number of nitrogens with one attached hydrogen (secondary N) is 1. The van der Waals surface area contributed by atoms with Gasteiger partial charge in [0.25, 0.3) is 5.91 Å². The quantitative estimate of drug-likeness (QED) is 0.721. The Morgan fingerprint density at radius 2 is 2.08 bits per heavy atom. The lowest BCUT2D eigenvalue weighted by Gasteiger charge is -2.26. The van der Waals surface area contributed by atoms with Gasteiger partial charge in [0, 0.05) is 38.9 Å². The predicted molar refractivity (Wildman–Crippen MR) is 89.9 cm³/mol. The number of benzene rings is 1. The Morgan fingerprint density at radius 1 is 1.38 bits per heavy atom. The first-order chi connectivity index (χ1) is 11.5. The second-order valence-electron chi connectivity index (χ2n) is 5.26. The van der Waals surface area contributed by atoms with E-state index in [4.69, 9.17) is 21.1 Å². The molecule has 7 nitrogen and oxygen atoms in total. The number of hydrogen-bond donors (Lipinski definition) is 1. The molecule has 1 aromatic rings. The van der Waals surface area contributed by atoms with Crippen molar-refractivity contribution in [1.82, 2.24) is 9.62 Å². The first-order valence-corrected chi connectivity index (χ1v) is 9.43. The third-order valence-electron chi connectivity index (χ3n) is 3.59. The van der Waals surface area contributed by atoms with Crippen molar-refractivity contribution in [3.63, 3.8) is 0 Å². The highest BCUT2D eigenvalue weighted by Crippen LogP contribution is 2.26. The summed E-state index contributed by atoms with van der Waals surface area (Å²) in [5.74, 6) is -0.346. The summed E-state index contributed by atoms with van der Waals surface area (Å²) in [5.41, 5.74) is 0.253. The van der Waals surface area contributed by atoms with E-state index in [2.05, 4.69) is 5.32 Å². The molecule has 0 bridgehead atoms. The molecule has 1 heterocycles. The van der Waals surface area contributed by atoms with Crippen molar-refractivity contribution in [2.24, 2.45) is 0 Å². The van der Waals surface area contributed by atoms with E-state index in [0.717, 1.165) is 0 Å². The van der Waals surface area contributed by atoms with Crippen LogP contribution in [-0.4, -0.2) is 65.2 Å². The average Bonchev–Trinajstić information content (AvgIpc) is 2.59. The number of sulfonamides is 1. The summed E-state index contributed by atoms with van der Waals surface area (Å²) in [7, 11) is -2.17. The highest BCUT2D eigenvalue weighted by atomic mass is 35.5. The van der Waals surface area contributed by atoms with Crippen LogP contribution < -0.4 is 5.32 Å². The highest BCUT2D eigenvalue weighted by Gasteiger charge is 2.29. The normalized spacial score (nSPS) is 16.1. The summed E-state index contributed by atoms with van der Waals surface area (Å²) in [5, 5.41) is 2.82. The molecule has 1 aliphatic rings. The lowest BCUT2D eigenvalue weighted by atomic mass is 10.2. The maximum atomic E-state index is 12.7. The van der Waals surface area contributed by atoms with Crippen molar-refractivity contribution >= 4 is 27.5 Å². The van der Waals surface area contributed by atoms with Gasteiger partial charge in [-0.05, 0) is 24.6 Å². The van der Waals surface area contributed by atoms with Gasteiger partial charge in [-0.2, -0.15) is 4.31 Å². The van der Waals surface area contributed by atoms with Gasteiger partial charge < -0.3 is 14.8 Å². The van der Waals surface area contributed by atoms with Crippen LogP contribution in [0.5, 0.6) is 0 Å². The van der Waals surface area contributed by atoms with E-state index in [-0.39, 0.29) is 34.5 Å². The van der Waals surface area contributed by atoms with E-state index < -0.39 is 10.0 Å². The van der Waals surface area contributed by atoms with Crippen LogP contribution in [0.25, 0.3) is 0 Å². The van der Waals surface area contributed by atoms with E-state index in [0.29, 0.717) is 32.8 Å². The van der Waals surface area contributed by atoms with Crippen LogP contribution in [0.15, 0.2) is 23.1 Å². The predicted octanol–water partition coefficient (Wildman–Crippen LogP) is 1.13. The number of rotatable bonds is 7. The Labute approximate surface area is 146 Å². The van der Waals surface area contributed by atoms with Crippen molar-refractivity contribution in [3.8, 4) is 0 Å². The zero-order valence-corrected chi connectivity index (χ0v) is 15.0. The van der Waals surface area contributed by atoms with Crippen molar-refractivity contribution in [2.45, 2.75) is 11.3 Å². The molecule has 0 radical (unpaired) electrons. The molecule has 1 aliphatic heterocycles. The third kappa shape index (κ3) is 4.67. The van der Waals surface area contributed by atoms with E-state index in [1.54, 1.807) is 7.11 Å². The fourth-order valence-corrected chi connectivity index (χ4v) is 4.20. The molecule has 1 aromatic carbocycles. The largest absolute Gasteiger partial charge is 0.385 e. The highest BCUT2D eigenvalue weighted by molar-refractivity contribution is 7.89. The average molecular weight is 377 g/mol. The van der Waals surface area contributed by atoms with E-state index in [1.807, 2.05) is 0 Å². The molecule has 24 heavy (non-hydrogen) atoms. The van der Waals surface area contributed by atoms with E-state index in [9.17, 15) is 13.2 Å². The maximum Gasteiger partial charge on any atom is 0.251 e. The lowest BCUT2D eigenvalue weighted by Crippen LogP contribution is -2.40. The Kier molecular flexibility index (Phi) is 7.00. The van der Waals surface area contributed by atoms with Gasteiger partial charge in [0.05, 0.1) is 18.2 Å². The van der Waals surface area contributed by atoms with Crippen molar-refractivity contribution in [2.75, 3.05) is 46.6 Å². The standard InChI is InChI=1S/C15H21ClN2O5S/c1-22-8-2-5-17-15(19)12-3-4-13(16)14(11-12)24(20,21)18-6-9-23-10-7-18/h3-4,11H,2,5-10H2,1H3,(H,17,19). The lowest BCUT2D eigenvalue weighted by molar-refractivity contribution is 0.0730. The number of nitrogens with zero attached hydrogens (tertiary/aromatic N) is 1. The molecular formula is C15H21ClN2O5S. The zero-order chi connectivity index (χ0) is 17.6. The van der Waals surface area contributed by atoms with Gasteiger partial charge >= 0.3 is 0 Å². The molecule has 0 atom stereocenters. The summed E-state index contributed by atoms with van der Waals surface area (Å²) in [4.78, 5) is 12.1. The molecule has 0 saturated carbocycles. The second kappa shape index (κ2) is 8.77. The Hall–Kier alpha value is -1.19. The monoisotopic (exact) mass is 376 g/mol. The topological polar surface area (TPSA) is 84.9 Å². The minimum absolute atomic E-state index is 0.0596. The number of ether oxygens (including phenoxy) is 2. The van der Waals surface area contributed by atoms with Gasteiger partial charge in [-0.15, -0.1) is 0 Å². The van der Waals surface area contributed by atoms with Crippen LogP contribution in [0.2, 0.25) is 5.02 Å². The third-order valence-corrected chi connectivity index (χ3v) is 5.97. The fourth-order valence-electron chi connectivity index (χ4n) is 2.29. The smallest absolute Gasteiger partial charge is 0.251 e. The molecule has 1 fully saturated rings. The minimum atomic E-state index is -3.76. The van der Waals surface area contributed by atoms with Crippen LogP contribution in [-0.2, 0) is 19.5 Å². The fraction of sp³-hybridized carbons (Fsp3) is 0.533. The summed E-state index contributed by atoms with van der Waals surface area (Å²) < 4.78 is 36.8. The molecule has 0 aliphatic carbocycles. The van der Waals surface area contributed by atoms with Crippen LogP contribution >= 0.6 is 11.6 Å². The summed E-state index contributed by atoms with van der Waals surface area (Å²) in [6.45, 7) is 2.21. The van der Waals surface area contributed by atoms with Crippen molar-refractivity contribution in [1.29, 1.82) is 0 Å². The van der Waals surface area contributed by atoms with Gasteiger partial charge in [-0.3, -0.25) is 4.79 Å². The van der Waals surface area contributed by atoms with E-state index >= 15 is 0 Å². The van der Waals surface area contributed by atoms with Gasteiger partial charge in [-0.25, -0.2) is 8.42 Å². The molecule has 134 valence electrons. The first kappa shape index (κ1) is 19.1. The molecule has 0 aromatic heterocycles. The summed E-state index contributed by atoms with van der Waals surface area (Å²) >= 11 is 6.06. The van der Waals surface area contributed by atoms with Gasteiger partial charge in [0.2, 0.25) is 10.0 Å². The molecule has 1 N–H and O–H groups in total. The Morgan fingerprint density at radius 3 is 2.75 bits per heavy atom. The summed E-state index contributed by atoms with van der Waals surface area (Å²) in [6.07, 6.45) is 0.675. The van der Waals surface area contributed by atoms with Crippen LogP contribution in [0, 0.1) is 0 Å². The number of hydrogen-bond acceptors (Lipinski definition) is 5. The Bertz CT molecular complexity index is 674. The molecule has 1 saturated heterocycles. The number of morpholine rings is 1. The number of amides is 1. The molecule has 0 spiro atoms. The number of carbonyl (C=O) groups is 1. The molecule has 9 heteroatoms. The molecular weight excluding hydrogens is 356 g/mol. The van der Waals surface area contributed by atoms with Gasteiger partial charge in [0.15, 0.2) is 0 Å². The Balaban J connectivity index is 2.17. The van der Waals surface area contributed by atoms with Crippen molar-refractivity contribution in [3.05, 3.63) is 28.8 Å². The SMILES string of the molecule is COCCCNC(=O)c1ccc(Cl)c(S(=O)(=O)N2CCOCC2)c1. The minimum Gasteiger partial charge on any atom is -0.385 e. The number of carbonyl (C=O) groups excluding carboxylic acids is 1. The molecule has 1 amide bonds.